The first kappa shape index (κ1) is 15.2. The molecular formula is C17H23NO5. The van der Waals surface area contributed by atoms with Gasteiger partial charge in [0, 0.05) is 24.9 Å². The normalized spacial score (nSPS) is 39.4. The lowest BCUT2D eigenvalue weighted by atomic mass is 9.83. The van der Waals surface area contributed by atoms with Gasteiger partial charge in [0.15, 0.2) is 0 Å². The Labute approximate surface area is 135 Å². The van der Waals surface area contributed by atoms with Crippen molar-refractivity contribution in [2.75, 3.05) is 19.7 Å². The zero-order chi connectivity index (χ0) is 16.0. The van der Waals surface area contributed by atoms with E-state index in [1.54, 1.807) is 6.26 Å². The minimum absolute atomic E-state index is 0.131. The first-order valence-corrected chi connectivity index (χ1v) is 8.42. The average molecular weight is 321 g/mol. The Morgan fingerprint density at radius 1 is 1.43 bits per heavy atom. The lowest BCUT2D eigenvalue weighted by Crippen LogP contribution is -2.46. The molecular weight excluding hydrogens is 298 g/mol. The molecule has 0 aromatic carbocycles. The number of esters is 1. The van der Waals surface area contributed by atoms with Crippen molar-refractivity contribution in [3.8, 4) is 0 Å². The number of hydrogen-bond acceptors (Lipinski definition) is 6. The van der Waals surface area contributed by atoms with E-state index in [1.165, 1.54) is 0 Å². The van der Waals surface area contributed by atoms with E-state index < -0.39 is 6.10 Å². The summed E-state index contributed by atoms with van der Waals surface area (Å²) < 4.78 is 16.6. The van der Waals surface area contributed by atoms with E-state index in [-0.39, 0.29) is 35.9 Å². The number of rotatable bonds is 4. The van der Waals surface area contributed by atoms with Crippen LogP contribution in [-0.2, 0) is 20.8 Å². The molecule has 0 saturated carbocycles. The third-order valence-corrected chi connectivity index (χ3v) is 5.49. The van der Waals surface area contributed by atoms with Crippen LogP contribution in [0.4, 0.5) is 0 Å². The molecule has 0 amide bonds. The smallest absolute Gasteiger partial charge is 0.311 e. The fourth-order valence-corrected chi connectivity index (χ4v) is 4.51. The SMILES string of the molecule is CCOC(=O)[C@H]1C[C@@H]2O[C@H]1[C@H]1CN(Cc3ccco3)C[C@H]1[C@@H]2O. The fourth-order valence-electron chi connectivity index (χ4n) is 4.51. The molecule has 0 aliphatic carbocycles. The predicted molar refractivity (Wildman–Crippen MR) is 80.4 cm³/mol. The number of carbonyl (C=O) groups excluding carboxylic acids is 1. The van der Waals surface area contributed by atoms with Crippen LogP contribution in [0.25, 0.3) is 0 Å². The highest BCUT2D eigenvalue weighted by Gasteiger charge is 2.58. The molecule has 4 heterocycles. The number of aliphatic hydroxyl groups is 1. The van der Waals surface area contributed by atoms with E-state index in [9.17, 15) is 9.90 Å². The van der Waals surface area contributed by atoms with Crippen molar-refractivity contribution in [2.24, 2.45) is 17.8 Å². The lowest BCUT2D eigenvalue weighted by molar-refractivity contribution is -0.157. The number of likely N-dealkylation sites (tertiary alicyclic amines) is 1. The van der Waals surface area contributed by atoms with E-state index in [4.69, 9.17) is 13.9 Å². The van der Waals surface area contributed by atoms with Crippen LogP contribution < -0.4 is 0 Å². The highest BCUT2D eigenvalue weighted by Crippen LogP contribution is 2.47. The molecule has 6 nitrogen and oxygen atoms in total. The molecule has 6 heteroatoms. The molecule has 3 saturated heterocycles. The van der Waals surface area contributed by atoms with Crippen molar-refractivity contribution < 1.29 is 23.8 Å². The molecule has 23 heavy (non-hydrogen) atoms. The van der Waals surface area contributed by atoms with Gasteiger partial charge < -0.3 is 19.0 Å². The molecule has 6 atom stereocenters. The number of furan rings is 1. The topological polar surface area (TPSA) is 72.1 Å². The van der Waals surface area contributed by atoms with Crippen molar-refractivity contribution in [1.29, 1.82) is 0 Å². The summed E-state index contributed by atoms with van der Waals surface area (Å²) >= 11 is 0. The Bertz CT molecular complexity index is 559. The Kier molecular flexibility index (Phi) is 3.91. The Hall–Kier alpha value is -1.37. The minimum atomic E-state index is -0.503. The number of aliphatic hydroxyl groups excluding tert-OH is 1. The average Bonchev–Trinajstić information content (AvgIpc) is 3.24. The summed E-state index contributed by atoms with van der Waals surface area (Å²) in [5.74, 6) is 0.831. The molecule has 1 aromatic heterocycles. The van der Waals surface area contributed by atoms with Gasteiger partial charge in [-0.25, -0.2) is 0 Å². The number of carbonyl (C=O) groups is 1. The summed E-state index contributed by atoms with van der Waals surface area (Å²) in [5, 5.41) is 10.6. The van der Waals surface area contributed by atoms with Crippen LogP contribution in [0.3, 0.4) is 0 Å². The van der Waals surface area contributed by atoms with Crippen LogP contribution in [0.1, 0.15) is 19.1 Å². The number of fused-ring (bicyclic) bond motifs is 4. The van der Waals surface area contributed by atoms with E-state index in [0.717, 1.165) is 25.4 Å². The summed E-state index contributed by atoms with van der Waals surface area (Å²) in [5.41, 5.74) is 0. The highest BCUT2D eigenvalue weighted by molar-refractivity contribution is 5.73. The zero-order valence-corrected chi connectivity index (χ0v) is 13.3. The molecule has 126 valence electrons. The van der Waals surface area contributed by atoms with Gasteiger partial charge in [0.25, 0.3) is 0 Å². The van der Waals surface area contributed by atoms with Crippen LogP contribution >= 0.6 is 0 Å². The molecule has 0 radical (unpaired) electrons. The molecule has 2 bridgehead atoms. The predicted octanol–water partition coefficient (Wildman–Crippen LogP) is 1.04. The molecule has 3 aliphatic rings. The van der Waals surface area contributed by atoms with Gasteiger partial charge in [-0.1, -0.05) is 0 Å². The molecule has 1 aromatic rings. The Morgan fingerprint density at radius 3 is 3.00 bits per heavy atom. The third-order valence-electron chi connectivity index (χ3n) is 5.49. The van der Waals surface area contributed by atoms with Gasteiger partial charge in [-0.05, 0) is 25.5 Å². The maximum atomic E-state index is 12.2. The van der Waals surface area contributed by atoms with Crippen LogP contribution in [0.5, 0.6) is 0 Å². The van der Waals surface area contributed by atoms with E-state index in [0.29, 0.717) is 13.0 Å². The summed E-state index contributed by atoms with van der Waals surface area (Å²) in [6.07, 6.45) is 1.39. The molecule has 3 fully saturated rings. The van der Waals surface area contributed by atoms with E-state index in [1.807, 2.05) is 19.1 Å². The van der Waals surface area contributed by atoms with Gasteiger partial charge in [-0.2, -0.15) is 0 Å². The second kappa shape index (κ2) is 5.92. The van der Waals surface area contributed by atoms with Crippen molar-refractivity contribution >= 4 is 5.97 Å². The molecule has 0 unspecified atom stereocenters. The summed E-state index contributed by atoms with van der Waals surface area (Å²) in [7, 11) is 0. The van der Waals surface area contributed by atoms with Crippen molar-refractivity contribution in [1.82, 2.24) is 4.90 Å². The molecule has 4 rings (SSSR count). The van der Waals surface area contributed by atoms with Crippen molar-refractivity contribution in [3.63, 3.8) is 0 Å². The summed E-state index contributed by atoms with van der Waals surface area (Å²) in [4.78, 5) is 14.5. The maximum absolute atomic E-state index is 12.2. The highest BCUT2D eigenvalue weighted by atomic mass is 16.5. The number of ether oxygens (including phenoxy) is 2. The van der Waals surface area contributed by atoms with Gasteiger partial charge in [-0.15, -0.1) is 0 Å². The number of nitrogens with zero attached hydrogens (tertiary/aromatic N) is 1. The van der Waals surface area contributed by atoms with Gasteiger partial charge in [0.1, 0.15) is 5.76 Å². The Balaban J connectivity index is 1.49. The van der Waals surface area contributed by atoms with Crippen LogP contribution in [0.15, 0.2) is 22.8 Å². The third kappa shape index (κ3) is 2.58. The standard InChI is InChI=1S/C17H23NO5/c1-2-21-17(20)11-6-14-15(19)12-8-18(7-10-4-3-5-22-10)9-13(12)16(11)23-14/h3-5,11-16,19H,2,6-9H2,1H3/t11-,12+,13-,14-,15-,16+/m0/s1. The molecule has 0 spiro atoms. The van der Waals surface area contributed by atoms with Crippen LogP contribution in [0, 0.1) is 17.8 Å². The lowest BCUT2D eigenvalue weighted by Gasteiger charge is -2.36. The quantitative estimate of drug-likeness (QED) is 0.836. The molecule has 3 aliphatic heterocycles. The van der Waals surface area contributed by atoms with Gasteiger partial charge in [-0.3, -0.25) is 9.69 Å². The maximum Gasteiger partial charge on any atom is 0.311 e. The number of hydrogen-bond donors (Lipinski definition) is 1. The minimum Gasteiger partial charge on any atom is -0.468 e. The van der Waals surface area contributed by atoms with Gasteiger partial charge in [0.2, 0.25) is 0 Å². The second-order valence-electron chi connectivity index (χ2n) is 6.83. The van der Waals surface area contributed by atoms with Crippen LogP contribution in [-0.4, -0.2) is 54.0 Å². The summed E-state index contributed by atoms with van der Waals surface area (Å²) in [6.45, 7) is 4.56. The largest absolute Gasteiger partial charge is 0.468 e. The summed E-state index contributed by atoms with van der Waals surface area (Å²) in [6, 6.07) is 3.84. The van der Waals surface area contributed by atoms with Crippen molar-refractivity contribution in [3.05, 3.63) is 24.2 Å². The molecule has 1 N–H and O–H groups in total. The van der Waals surface area contributed by atoms with E-state index >= 15 is 0 Å². The Morgan fingerprint density at radius 2 is 2.26 bits per heavy atom. The van der Waals surface area contributed by atoms with Gasteiger partial charge >= 0.3 is 5.97 Å². The van der Waals surface area contributed by atoms with Crippen LogP contribution in [0.2, 0.25) is 0 Å². The second-order valence-corrected chi connectivity index (χ2v) is 6.83. The fraction of sp³-hybridized carbons (Fsp3) is 0.706. The first-order chi connectivity index (χ1) is 11.2. The zero-order valence-electron chi connectivity index (χ0n) is 13.3. The monoisotopic (exact) mass is 321 g/mol. The van der Waals surface area contributed by atoms with E-state index in [2.05, 4.69) is 4.90 Å². The first-order valence-electron chi connectivity index (χ1n) is 8.42. The van der Waals surface area contributed by atoms with Gasteiger partial charge in [0.05, 0.1) is 43.6 Å². The van der Waals surface area contributed by atoms with Crippen molar-refractivity contribution in [2.45, 2.75) is 38.2 Å².